The molecular weight excluding hydrogens is 224 g/mol. The predicted octanol–water partition coefficient (Wildman–Crippen LogP) is 2.01. The van der Waals surface area contributed by atoms with Gasteiger partial charge >= 0.3 is 0 Å². The Morgan fingerprint density at radius 3 is 2.69 bits per heavy atom. The molecule has 0 saturated carbocycles. The summed E-state index contributed by atoms with van der Waals surface area (Å²) in [5.74, 6) is 2.16. The Labute approximate surface area is 99.2 Å². The number of hydrogen-bond acceptors (Lipinski definition) is 3. The van der Waals surface area contributed by atoms with Crippen molar-refractivity contribution in [2.45, 2.75) is 13.3 Å². The van der Waals surface area contributed by atoms with Crippen LogP contribution in [0.3, 0.4) is 0 Å². The molecule has 0 radical (unpaired) electrons. The highest BCUT2D eigenvalue weighted by molar-refractivity contribution is 7.84. The van der Waals surface area contributed by atoms with E-state index >= 15 is 0 Å². The van der Waals surface area contributed by atoms with E-state index in [9.17, 15) is 4.21 Å². The first kappa shape index (κ1) is 13.0. The van der Waals surface area contributed by atoms with Crippen molar-refractivity contribution in [1.29, 1.82) is 0 Å². The number of ether oxygens (including phenoxy) is 2. The van der Waals surface area contributed by atoms with Gasteiger partial charge in [-0.2, -0.15) is 0 Å². The Kier molecular flexibility index (Phi) is 5.32. The third-order valence-electron chi connectivity index (χ3n) is 2.28. The van der Waals surface area contributed by atoms with Gasteiger partial charge in [0.25, 0.3) is 0 Å². The molecule has 0 heterocycles. The number of hydrogen-bond donors (Lipinski definition) is 0. The molecule has 1 aromatic carbocycles. The minimum Gasteiger partial charge on any atom is -0.496 e. The lowest BCUT2D eigenvalue weighted by atomic mass is 10.1. The van der Waals surface area contributed by atoms with Crippen LogP contribution in [0.5, 0.6) is 11.5 Å². The standard InChI is InChI=1S/C12H18O3S/c1-4-10-5-6-11(9-12(10)14-2)15-7-8-16(3)13/h5-6,9H,4,7-8H2,1-3H3. The lowest BCUT2D eigenvalue weighted by molar-refractivity contribution is 0.338. The minimum absolute atomic E-state index is 0.470. The summed E-state index contributed by atoms with van der Waals surface area (Å²) in [6.45, 7) is 2.55. The summed E-state index contributed by atoms with van der Waals surface area (Å²) in [5.41, 5.74) is 1.16. The molecular formula is C12H18O3S. The number of methoxy groups -OCH3 is 1. The number of aryl methyl sites for hydroxylation is 1. The maximum Gasteiger partial charge on any atom is 0.125 e. The second-order valence-electron chi connectivity index (χ2n) is 3.45. The van der Waals surface area contributed by atoms with E-state index in [1.165, 1.54) is 0 Å². The first-order valence-electron chi connectivity index (χ1n) is 5.27. The van der Waals surface area contributed by atoms with Gasteiger partial charge < -0.3 is 9.47 Å². The number of benzene rings is 1. The number of rotatable bonds is 6. The van der Waals surface area contributed by atoms with E-state index in [0.717, 1.165) is 23.5 Å². The van der Waals surface area contributed by atoms with Crippen LogP contribution in [0.2, 0.25) is 0 Å². The van der Waals surface area contributed by atoms with Crippen LogP contribution in [0.25, 0.3) is 0 Å². The molecule has 1 aromatic rings. The van der Waals surface area contributed by atoms with Gasteiger partial charge in [0.2, 0.25) is 0 Å². The second-order valence-corrected chi connectivity index (χ2v) is 5.01. The molecule has 3 nitrogen and oxygen atoms in total. The molecule has 0 aliphatic carbocycles. The summed E-state index contributed by atoms with van der Waals surface area (Å²) in [7, 11) is 0.844. The van der Waals surface area contributed by atoms with Crippen LogP contribution in [0.1, 0.15) is 12.5 Å². The van der Waals surface area contributed by atoms with Crippen molar-refractivity contribution in [2.24, 2.45) is 0 Å². The SMILES string of the molecule is CCc1ccc(OCCS(C)=O)cc1OC. The van der Waals surface area contributed by atoms with E-state index in [4.69, 9.17) is 9.47 Å². The molecule has 0 amide bonds. The maximum absolute atomic E-state index is 10.9. The van der Waals surface area contributed by atoms with Crippen molar-refractivity contribution in [2.75, 3.05) is 25.7 Å². The fourth-order valence-electron chi connectivity index (χ4n) is 1.38. The third-order valence-corrected chi connectivity index (χ3v) is 3.02. The lowest BCUT2D eigenvalue weighted by Crippen LogP contribution is -2.07. The molecule has 90 valence electrons. The van der Waals surface area contributed by atoms with Gasteiger partial charge in [0, 0.05) is 23.1 Å². The van der Waals surface area contributed by atoms with Gasteiger partial charge in [0.15, 0.2) is 0 Å². The molecule has 0 spiro atoms. The zero-order valence-electron chi connectivity index (χ0n) is 9.99. The zero-order valence-corrected chi connectivity index (χ0v) is 10.8. The monoisotopic (exact) mass is 242 g/mol. The molecule has 0 fully saturated rings. The first-order valence-corrected chi connectivity index (χ1v) is 6.99. The average molecular weight is 242 g/mol. The van der Waals surface area contributed by atoms with E-state index in [-0.39, 0.29) is 0 Å². The normalized spacial score (nSPS) is 12.2. The van der Waals surface area contributed by atoms with Crippen LogP contribution in [0.15, 0.2) is 18.2 Å². The van der Waals surface area contributed by atoms with Crippen LogP contribution in [0.4, 0.5) is 0 Å². The van der Waals surface area contributed by atoms with Crippen molar-refractivity contribution < 1.29 is 13.7 Å². The van der Waals surface area contributed by atoms with Crippen molar-refractivity contribution in [1.82, 2.24) is 0 Å². The minimum atomic E-state index is -0.809. The lowest BCUT2D eigenvalue weighted by Gasteiger charge is -2.10. The van der Waals surface area contributed by atoms with Gasteiger partial charge in [-0.25, -0.2) is 0 Å². The zero-order chi connectivity index (χ0) is 12.0. The average Bonchev–Trinajstić information content (AvgIpc) is 2.28. The smallest absolute Gasteiger partial charge is 0.125 e. The molecule has 1 atom stereocenters. The summed E-state index contributed by atoms with van der Waals surface area (Å²) in [4.78, 5) is 0. The summed E-state index contributed by atoms with van der Waals surface area (Å²) in [6, 6.07) is 5.79. The van der Waals surface area contributed by atoms with E-state index in [1.54, 1.807) is 13.4 Å². The largest absolute Gasteiger partial charge is 0.496 e. The van der Waals surface area contributed by atoms with Crippen molar-refractivity contribution in [3.8, 4) is 11.5 Å². The molecule has 16 heavy (non-hydrogen) atoms. The Morgan fingerprint density at radius 1 is 1.38 bits per heavy atom. The van der Waals surface area contributed by atoms with Gasteiger partial charge in [-0.15, -0.1) is 0 Å². The first-order chi connectivity index (χ1) is 7.67. The summed E-state index contributed by atoms with van der Waals surface area (Å²) >= 11 is 0. The molecule has 1 unspecified atom stereocenters. The fourth-order valence-corrected chi connectivity index (χ4v) is 1.70. The summed E-state index contributed by atoms with van der Waals surface area (Å²) in [6.07, 6.45) is 2.60. The van der Waals surface area contributed by atoms with Crippen LogP contribution < -0.4 is 9.47 Å². The molecule has 0 aromatic heterocycles. The summed E-state index contributed by atoms with van der Waals surface area (Å²) < 4.78 is 21.6. The molecule has 0 saturated heterocycles. The van der Waals surface area contributed by atoms with E-state index in [1.807, 2.05) is 18.2 Å². The molecule has 0 aliphatic heterocycles. The van der Waals surface area contributed by atoms with E-state index in [2.05, 4.69) is 6.92 Å². The van der Waals surface area contributed by atoms with Crippen LogP contribution >= 0.6 is 0 Å². The Hall–Kier alpha value is -1.03. The topological polar surface area (TPSA) is 35.5 Å². The predicted molar refractivity (Wildman–Crippen MR) is 66.8 cm³/mol. The quantitative estimate of drug-likeness (QED) is 0.765. The molecule has 4 heteroatoms. The van der Waals surface area contributed by atoms with Crippen LogP contribution in [-0.2, 0) is 17.2 Å². The highest BCUT2D eigenvalue weighted by atomic mass is 32.2. The highest BCUT2D eigenvalue weighted by Crippen LogP contribution is 2.24. The molecule has 1 rings (SSSR count). The Morgan fingerprint density at radius 2 is 2.12 bits per heavy atom. The van der Waals surface area contributed by atoms with Crippen molar-refractivity contribution >= 4 is 10.8 Å². The Bertz CT molecular complexity index is 363. The van der Waals surface area contributed by atoms with E-state index < -0.39 is 10.8 Å². The molecule has 0 N–H and O–H groups in total. The van der Waals surface area contributed by atoms with Gasteiger partial charge in [-0.05, 0) is 18.1 Å². The third kappa shape index (κ3) is 3.85. The van der Waals surface area contributed by atoms with Gasteiger partial charge in [-0.1, -0.05) is 13.0 Å². The van der Waals surface area contributed by atoms with Crippen LogP contribution in [-0.4, -0.2) is 29.9 Å². The van der Waals surface area contributed by atoms with Gasteiger partial charge in [-0.3, -0.25) is 4.21 Å². The highest BCUT2D eigenvalue weighted by Gasteiger charge is 2.03. The molecule has 0 bridgehead atoms. The van der Waals surface area contributed by atoms with Crippen molar-refractivity contribution in [3.63, 3.8) is 0 Å². The van der Waals surface area contributed by atoms with Crippen molar-refractivity contribution in [3.05, 3.63) is 23.8 Å². The second kappa shape index (κ2) is 6.53. The Balaban J connectivity index is 2.64. The maximum atomic E-state index is 10.9. The fraction of sp³-hybridized carbons (Fsp3) is 0.500. The van der Waals surface area contributed by atoms with E-state index in [0.29, 0.717) is 12.4 Å². The van der Waals surface area contributed by atoms with Gasteiger partial charge in [0.1, 0.15) is 11.5 Å². The summed E-state index contributed by atoms with van der Waals surface area (Å²) in [5, 5.41) is 0. The molecule has 0 aliphatic rings. The van der Waals surface area contributed by atoms with Gasteiger partial charge in [0.05, 0.1) is 19.5 Å². The van der Waals surface area contributed by atoms with Crippen LogP contribution in [0, 0.1) is 0 Å².